The Bertz CT molecular complexity index is 371. The van der Waals surface area contributed by atoms with Crippen LogP contribution in [-0.4, -0.2) is 37.7 Å². The fourth-order valence-electron chi connectivity index (χ4n) is 2.39. The Kier molecular flexibility index (Phi) is 4.99. The van der Waals surface area contributed by atoms with Gasteiger partial charge in [-0.15, -0.1) is 0 Å². The summed E-state index contributed by atoms with van der Waals surface area (Å²) in [6.45, 7) is 2.69. The van der Waals surface area contributed by atoms with E-state index >= 15 is 0 Å². The first-order chi connectivity index (χ1) is 8.79. The van der Waals surface area contributed by atoms with Gasteiger partial charge in [-0.1, -0.05) is 18.2 Å². The number of benzene rings is 1. The highest BCUT2D eigenvalue weighted by Gasteiger charge is 2.19. The Morgan fingerprint density at radius 2 is 2.22 bits per heavy atom. The summed E-state index contributed by atoms with van der Waals surface area (Å²) in [7, 11) is 2.14. The van der Waals surface area contributed by atoms with Gasteiger partial charge in [-0.2, -0.15) is 0 Å². The second kappa shape index (κ2) is 6.73. The second-order valence-electron chi connectivity index (χ2n) is 4.87. The molecule has 1 aromatic carbocycles. The number of nitrogens with zero attached hydrogens (tertiary/aromatic N) is 1. The molecule has 0 radical (unpaired) electrons. The van der Waals surface area contributed by atoms with Crippen molar-refractivity contribution >= 4 is 0 Å². The molecule has 2 rings (SSSR count). The van der Waals surface area contributed by atoms with E-state index in [-0.39, 0.29) is 0 Å². The van der Waals surface area contributed by atoms with Gasteiger partial charge in [-0.05, 0) is 38.1 Å². The van der Waals surface area contributed by atoms with E-state index in [1.165, 1.54) is 13.0 Å². The van der Waals surface area contributed by atoms with E-state index in [0.29, 0.717) is 12.7 Å². The van der Waals surface area contributed by atoms with Gasteiger partial charge in [-0.25, -0.2) is 5.90 Å². The minimum Gasteiger partial charge on any atom is -0.489 e. The fourth-order valence-corrected chi connectivity index (χ4v) is 2.39. The third kappa shape index (κ3) is 3.70. The highest BCUT2D eigenvalue weighted by molar-refractivity contribution is 5.33. The second-order valence-corrected chi connectivity index (χ2v) is 4.87. The maximum Gasteiger partial charge on any atom is 0.123 e. The van der Waals surface area contributed by atoms with Gasteiger partial charge < -0.3 is 14.5 Å². The predicted octanol–water partition coefficient (Wildman–Crippen LogP) is 1.59. The molecule has 1 atom stereocenters. The molecule has 0 bridgehead atoms. The first-order valence-corrected chi connectivity index (χ1v) is 6.54. The topological polar surface area (TPSA) is 47.7 Å². The lowest BCUT2D eigenvalue weighted by atomic mass is 10.1. The van der Waals surface area contributed by atoms with Crippen LogP contribution in [0, 0.1) is 0 Å². The predicted molar refractivity (Wildman–Crippen MR) is 71.4 cm³/mol. The Balaban J connectivity index is 1.99. The number of para-hydroxylation sites is 1. The van der Waals surface area contributed by atoms with Gasteiger partial charge in [-0.3, -0.25) is 0 Å². The lowest BCUT2D eigenvalue weighted by Gasteiger charge is -2.30. The molecule has 1 aromatic rings. The van der Waals surface area contributed by atoms with Crippen molar-refractivity contribution in [1.82, 2.24) is 4.90 Å². The van der Waals surface area contributed by atoms with Crippen molar-refractivity contribution in [2.45, 2.75) is 25.4 Å². The summed E-state index contributed by atoms with van der Waals surface area (Å²) < 4.78 is 6.12. The zero-order valence-electron chi connectivity index (χ0n) is 11.0. The van der Waals surface area contributed by atoms with Crippen LogP contribution in [0.25, 0.3) is 0 Å². The van der Waals surface area contributed by atoms with Crippen LogP contribution >= 0.6 is 0 Å². The van der Waals surface area contributed by atoms with Crippen molar-refractivity contribution < 1.29 is 9.57 Å². The molecule has 1 aliphatic heterocycles. The number of hydrogen-bond donors (Lipinski definition) is 1. The minimum atomic E-state index is 0.295. The number of hydrogen-bond acceptors (Lipinski definition) is 4. The van der Waals surface area contributed by atoms with Crippen molar-refractivity contribution in [1.29, 1.82) is 0 Å². The first kappa shape index (κ1) is 13.3. The van der Waals surface area contributed by atoms with Gasteiger partial charge >= 0.3 is 0 Å². The van der Waals surface area contributed by atoms with Crippen LogP contribution in [0.4, 0.5) is 0 Å². The number of ether oxygens (including phenoxy) is 1. The maximum absolute atomic E-state index is 6.12. The van der Waals surface area contributed by atoms with Crippen LogP contribution in [0.15, 0.2) is 24.3 Å². The lowest BCUT2D eigenvalue weighted by Crippen LogP contribution is -2.38. The Labute approximate surface area is 109 Å². The van der Waals surface area contributed by atoms with E-state index in [1.54, 1.807) is 0 Å². The summed E-state index contributed by atoms with van der Waals surface area (Å²) in [5.41, 5.74) is 1.16. The minimum absolute atomic E-state index is 0.295. The van der Waals surface area contributed by atoms with E-state index in [9.17, 15) is 0 Å². The van der Waals surface area contributed by atoms with E-state index in [4.69, 9.17) is 10.6 Å². The van der Waals surface area contributed by atoms with Gasteiger partial charge in [0.15, 0.2) is 0 Å². The smallest absolute Gasteiger partial charge is 0.123 e. The molecule has 4 nitrogen and oxygen atoms in total. The number of piperidine rings is 1. The third-order valence-electron chi connectivity index (χ3n) is 3.34. The molecule has 1 aliphatic rings. The summed E-state index contributed by atoms with van der Waals surface area (Å²) in [5.74, 6) is 6.05. The molecule has 0 aromatic heterocycles. The largest absolute Gasteiger partial charge is 0.489 e. The van der Waals surface area contributed by atoms with Crippen LogP contribution in [0.1, 0.15) is 18.4 Å². The standard InChI is InChI=1S/C14H22N2O2/c1-16-9-4-6-13(11-16)18-14-7-3-2-5-12(14)8-10-17-15/h2-3,5,7,13H,4,6,8-11,15H2,1H3. The first-order valence-electron chi connectivity index (χ1n) is 6.54. The molecule has 1 unspecified atom stereocenters. The summed E-state index contributed by atoms with van der Waals surface area (Å²) in [5, 5.41) is 0. The number of nitrogens with two attached hydrogens (primary N) is 1. The third-order valence-corrected chi connectivity index (χ3v) is 3.34. The lowest BCUT2D eigenvalue weighted by molar-refractivity contribution is 0.102. The van der Waals surface area contributed by atoms with Crippen LogP contribution in [0.5, 0.6) is 5.75 Å². The van der Waals surface area contributed by atoms with E-state index in [1.807, 2.05) is 18.2 Å². The Morgan fingerprint density at radius 3 is 3.00 bits per heavy atom. The van der Waals surface area contributed by atoms with Gasteiger partial charge in [0.05, 0.1) is 6.61 Å². The molecule has 18 heavy (non-hydrogen) atoms. The number of rotatable bonds is 5. The molecular formula is C14H22N2O2. The normalized spacial score (nSPS) is 20.9. The molecule has 2 N–H and O–H groups in total. The molecule has 100 valence electrons. The van der Waals surface area contributed by atoms with Crippen LogP contribution < -0.4 is 10.6 Å². The van der Waals surface area contributed by atoms with E-state index < -0.39 is 0 Å². The van der Waals surface area contributed by atoms with Crippen molar-refractivity contribution in [2.75, 3.05) is 26.7 Å². The monoisotopic (exact) mass is 250 g/mol. The van der Waals surface area contributed by atoms with Crippen LogP contribution in [0.3, 0.4) is 0 Å². The SMILES string of the molecule is CN1CCCC(Oc2ccccc2CCON)C1. The van der Waals surface area contributed by atoms with Gasteiger partial charge in [0.1, 0.15) is 11.9 Å². The zero-order chi connectivity index (χ0) is 12.8. The highest BCUT2D eigenvalue weighted by atomic mass is 16.6. The van der Waals surface area contributed by atoms with Crippen LogP contribution in [-0.2, 0) is 11.3 Å². The molecule has 0 aliphatic carbocycles. The van der Waals surface area contributed by atoms with Gasteiger partial charge in [0.2, 0.25) is 0 Å². The van der Waals surface area contributed by atoms with Crippen molar-refractivity contribution in [3.8, 4) is 5.75 Å². The summed E-state index contributed by atoms with van der Waals surface area (Å²) in [6, 6.07) is 8.13. The Morgan fingerprint density at radius 1 is 1.39 bits per heavy atom. The molecule has 0 spiro atoms. The van der Waals surface area contributed by atoms with Crippen molar-refractivity contribution in [2.24, 2.45) is 5.90 Å². The highest BCUT2D eigenvalue weighted by Crippen LogP contribution is 2.22. The maximum atomic E-state index is 6.12. The fraction of sp³-hybridized carbons (Fsp3) is 0.571. The molecule has 1 heterocycles. The van der Waals surface area contributed by atoms with Gasteiger partial charge in [0, 0.05) is 13.0 Å². The van der Waals surface area contributed by atoms with Gasteiger partial charge in [0.25, 0.3) is 0 Å². The molecule has 1 saturated heterocycles. The quantitative estimate of drug-likeness (QED) is 0.806. The molecule has 0 saturated carbocycles. The van der Waals surface area contributed by atoms with E-state index in [0.717, 1.165) is 30.7 Å². The number of likely N-dealkylation sites (tertiary alicyclic amines) is 1. The van der Waals surface area contributed by atoms with Crippen molar-refractivity contribution in [3.63, 3.8) is 0 Å². The molecule has 0 amide bonds. The summed E-state index contributed by atoms with van der Waals surface area (Å²) in [6.07, 6.45) is 3.42. The average molecular weight is 250 g/mol. The van der Waals surface area contributed by atoms with Crippen molar-refractivity contribution in [3.05, 3.63) is 29.8 Å². The summed E-state index contributed by atoms with van der Waals surface area (Å²) in [4.78, 5) is 6.96. The molecule has 1 fully saturated rings. The number of likely N-dealkylation sites (N-methyl/N-ethyl adjacent to an activating group) is 1. The zero-order valence-corrected chi connectivity index (χ0v) is 11.0. The van der Waals surface area contributed by atoms with Crippen LogP contribution in [0.2, 0.25) is 0 Å². The Hall–Kier alpha value is -1.10. The van der Waals surface area contributed by atoms with E-state index in [2.05, 4.69) is 22.9 Å². The summed E-state index contributed by atoms with van der Waals surface area (Å²) >= 11 is 0. The molecule has 4 heteroatoms. The average Bonchev–Trinajstić information content (AvgIpc) is 2.38. The molecular weight excluding hydrogens is 228 g/mol.